The second kappa shape index (κ2) is 8.61. The Morgan fingerprint density at radius 1 is 1.08 bits per heavy atom. The van der Waals surface area contributed by atoms with Crippen LogP contribution in [0.3, 0.4) is 0 Å². The lowest BCUT2D eigenvalue weighted by atomic mass is 9.83. The molecule has 3 N–H and O–H groups in total. The van der Waals surface area contributed by atoms with Crippen LogP contribution in [0.1, 0.15) is 42.0 Å². The zero-order valence-electron chi connectivity index (χ0n) is 20.6. The second-order valence-corrected chi connectivity index (χ2v) is 9.01. The first kappa shape index (κ1) is 23.2. The van der Waals surface area contributed by atoms with Crippen LogP contribution in [-0.4, -0.2) is 18.1 Å². The number of nitrogens with one attached hydrogen (secondary N) is 1. The Balaban J connectivity index is 1.81. The fraction of sp³-hybridized carbons (Fsp3) is 0.250. The molecule has 1 unspecified atom stereocenters. The molecule has 5 rings (SSSR count). The number of aromatic nitrogens is 1. The average Bonchev–Trinajstić information content (AvgIpc) is 2.83. The Kier molecular flexibility index (Phi) is 5.56. The third-order valence-corrected chi connectivity index (χ3v) is 6.83. The lowest BCUT2D eigenvalue weighted by molar-refractivity contribution is 0.388. The third-order valence-electron chi connectivity index (χ3n) is 6.83. The summed E-state index contributed by atoms with van der Waals surface area (Å²) in [5.74, 6) is -0.973. The first-order valence-electron chi connectivity index (χ1n) is 11.8. The molecule has 2 aromatic carbocycles. The summed E-state index contributed by atoms with van der Waals surface area (Å²) in [6, 6.07) is 13.2. The Morgan fingerprint density at radius 3 is 2.53 bits per heavy atom. The van der Waals surface area contributed by atoms with Gasteiger partial charge in [-0.15, -0.1) is 0 Å². The van der Waals surface area contributed by atoms with E-state index in [1.165, 1.54) is 0 Å². The van der Waals surface area contributed by atoms with Crippen molar-refractivity contribution in [2.24, 2.45) is 5.73 Å². The van der Waals surface area contributed by atoms with Crippen molar-refractivity contribution in [2.75, 3.05) is 18.0 Å². The minimum atomic E-state index is -1.03. The van der Waals surface area contributed by atoms with E-state index in [2.05, 4.69) is 9.88 Å². The van der Waals surface area contributed by atoms with Crippen molar-refractivity contribution in [3.8, 4) is 11.8 Å². The van der Waals surface area contributed by atoms with Crippen molar-refractivity contribution < 1.29 is 9.15 Å². The largest absolute Gasteiger partial charge is 0.439 e. The predicted octanol–water partition coefficient (Wildman–Crippen LogP) is 4.32. The van der Waals surface area contributed by atoms with E-state index in [9.17, 15) is 14.9 Å². The Morgan fingerprint density at radius 2 is 1.83 bits per heavy atom. The molecule has 1 aliphatic heterocycles. The van der Waals surface area contributed by atoms with Crippen LogP contribution in [0.5, 0.6) is 5.75 Å². The molecule has 0 saturated heterocycles. The molecule has 3 heterocycles. The number of nitrogens with zero attached hydrogens (tertiary/aromatic N) is 2. The minimum absolute atomic E-state index is 0.0106. The van der Waals surface area contributed by atoms with Gasteiger partial charge in [0, 0.05) is 41.3 Å². The van der Waals surface area contributed by atoms with E-state index < -0.39 is 17.1 Å². The molecular weight excluding hydrogens is 456 g/mol. The topological polar surface area (TPSA) is 125 Å². The Hall–Kier alpha value is -4.51. The zero-order valence-corrected chi connectivity index (χ0v) is 20.6. The van der Waals surface area contributed by atoms with Crippen molar-refractivity contribution in [2.45, 2.75) is 33.6 Å². The highest BCUT2D eigenvalue weighted by Gasteiger charge is 2.37. The summed E-state index contributed by atoms with van der Waals surface area (Å²) in [5.41, 5.74) is 9.29. The van der Waals surface area contributed by atoms with Gasteiger partial charge in [-0.25, -0.2) is 4.79 Å². The fourth-order valence-corrected chi connectivity index (χ4v) is 5.11. The maximum Gasteiger partial charge on any atom is 0.344 e. The average molecular weight is 483 g/mol. The number of H-pyrrole nitrogens is 1. The molecule has 0 aliphatic carbocycles. The molecule has 8 heteroatoms. The van der Waals surface area contributed by atoms with Gasteiger partial charge in [-0.3, -0.25) is 4.79 Å². The van der Waals surface area contributed by atoms with E-state index in [-0.39, 0.29) is 28.3 Å². The van der Waals surface area contributed by atoms with Crippen molar-refractivity contribution in [1.82, 2.24) is 4.98 Å². The van der Waals surface area contributed by atoms with Gasteiger partial charge >= 0.3 is 5.63 Å². The second-order valence-electron chi connectivity index (χ2n) is 9.01. The van der Waals surface area contributed by atoms with Crippen LogP contribution in [0.2, 0.25) is 0 Å². The summed E-state index contributed by atoms with van der Waals surface area (Å²) in [5, 5.41) is 11.3. The van der Waals surface area contributed by atoms with Gasteiger partial charge in [0.2, 0.25) is 5.88 Å². The maximum absolute atomic E-state index is 13.4. The van der Waals surface area contributed by atoms with Crippen LogP contribution in [0.4, 0.5) is 5.69 Å². The van der Waals surface area contributed by atoms with Gasteiger partial charge in [0.15, 0.2) is 5.75 Å². The van der Waals surface area contributed by atoms with E-state index in [0.717, 1.165) is 35.3 Å². The number of nitriles is 1. The molecule has 4 aromatic rings. The number of ether oxygens (including phenoxy) is 1. The van der Waals surface area contributed by atoms with Crippen LogP contribution in [0.25, 0.3) is 21.9 Å². The minimum Gasteiger partial charge on any atom is -0.439 e. The molecule has 182 valence electrons. The summed E-state index contributed by atoms with van der Waals surface area (Å²) < 4.78 is 11.6. The molecule has 0 amide bonds. The van der Waals surface area contributed by atoms with Gasteiger partial charge in [-0.1, -0.05) is 6.07 Å². The molecule has 1 aliphatic rings. The maximum atomic E-state index is 13.4. The molecule has 1 atom stereocenters. The van der Waals surface area contributed by atoms with Crippen molar-refractivity contribution in [3.05, 3.63) is 90.9 Å². The molecule has 0 radical (unpaired) electrons. The van der Waals surface area contributed by atoms with Crippen LogP contribution in [0, 0.1) is 25.2 Å². The highest BCUT2D eigenvalue weighted by molar-refractivity contribution is 5.89. The smallest absolute Gasteiger partial charge is 0.344 e. The van der Waals surface area contributed by atoms with Gasteiger partial charge in [0.1, 0.15) is 17.2 Å². The van der Waals surface area contributed by atoms with Crippen LogP contribution in [0.15, 0.2) is 61.9 Å². The number of aryl methyl sites for hydroxylation is 2. The number of benzene rings is 2. The van der Waals surface area contributed by atoms with Crippen molar-refractivity contribution in [3.63, 3.8) is 0 Å². The SMILES string of the molecule is CCN(CC)c1ccc2c3c(c(=O)oc2c1)C(c1cc2c(C)cc(C)cc2[nH]c1=O)C(C#N)=C(N)O3. The third kappa shape index (κ3) is 3.52. The number of fused-ring (bicyclic) bond motifs is 4. The standard InChI is InChI=1S/C28H26N4O4/c1-5-32(6-2)16-7-8-17-22(11-16)35-28(34)24-23(20(13-29)26(30)36-25(17)24)19-12-18-15(4)9-14(3)10-21(18)31-27(19)33/h7-12,23H,5-6,30H2,1-4H3,(H,31,33). The fourth-order valence-electron chi connectivity index (χ4n) is 5.11. The normalized spacial score (nSPS) is 15.0. The highest BCUT2D eigenvalue weighted by atomic mass is 16.5. The van der Waals surface area contributed by atoms with E-state index in [4.69, 9.17) is 14.9 Å². The predicted molar refractivity (Wildman–Crippen MR) is 139 cm³/mol. The van der Waals surface area contributed by atoms with Crippen molar-refractivity contribution >= 4 is 27.6 Å². The van der Waals surface area contributed by atoms with Crippen molar-refractivity contribution in [1.29, 1.82) is 5.26 Å². The quantitative estimate of drug-likeness (QED) is 0.415. The number of aromatic amines is 1. The molecule has 0 fully saturated rings. The molecule has 36 heavy (non-hydrogen) atoms. The van der Waals surface area contributed by atoms with Gasteiger partial charge < -0.3 is 24.8 Å². The van der Waals surface area contributed by atoms with E-state index in [1.54, 1.807) is 12.1 Å². The number of anilines is 1. The summed E-state index contributed by atoms with van der Waals surface area (Å²) in [6.45, 7) is 9.57. The summed E-state index contributed by atoms with van der Waals surface area (Å²) in [7, 11) is 0. The zero-order chi connectivity index (χ0) is 25.7. The monoisotopic (exact) mass is 482 g/mol. The number of hydrogen-bond acceptors (Lipinski definition) is 7. The highest BCUT2D eigenvalue weighted by Crippen LogP contribution is 2.43. The van der Waals surface area contributed by atoms with Crippen LogP contribution >= 0.6 is 0 Å². The van der Waals surface area contributed by atoms with E-state index >= 15 is 0 Å². The van der Waals surface area contributed by atoms with Gasteiger partial charge in [0.25, 0.3) is 5.56 Å². The molecule has 0 spiro atoms. The summed E-state index contributed by atoms with van der Waals surface area (Å²) >= 11 is 0. The van der Waals surface area contributed by atoms with E-state index in [0.29, 0.717) is 16.5 Å². The molecular formula is C28H26N4O4. The number of rotatable bonds is 4. The first-order valence-corrected chi connectivity index (χ1v) is 11.8. The van der Waals surface area contributed by atoms with E-state index in [1.807, 2.05) is 58.0 Å². The number of allylic oxidation sites excluding steroid dienone is 1. The molecule has 2 aromatic heterocycles. The van der Waals surface area contributed by atoms with Gasteiger partial charge in [0.05, 0.1) is 16.9 Å². The lowest BCUT2D eigenvalue weighted by Gasteiger charge is -2.26. The number of nitrogens with two attached hydrogens (primary N) is 1. The molecule has 0 bridgehead atoms. The van der Waals surface area contributed by atoms with Crippen LogP contribution < -0.4 is 26.6 Å². The van der Waals surface area contributed by atoms with Gasteiger partial charge in [-0.05, 0) is 63.1 Å². The Labute approximate surface area is 207 Å². The van der Waals surface area contributed by atoms with Gasteiger partial charge in [-0.2, -0.15) is 5.26 Å². The molecule has 0 saturated carbocycles. The summed E-state index contributed by atoms with van der Waals surface area (Å²) in [6.07, 6.45) is 0. The Bertz CT molecular complexity index is 1740. The number of hydrogen-bond donors (Lipinski definition) is 2. The lowest BCUT2D eigenvalue weighted by Crippen LogP contribution is -2.29. The number of pyridine rings is 1. The van der Waals surface area contributed by atoms with Crippen LogP contribution in [-0.2, 0) is 0 Å². The first-order chi connectivity index (χ1) is 17.3. The summed E-state index contributed by atoms with van der Waals surface area (Å²) in [4.78, 5) is 31.7. The molecule has 8 nitrogen and oxygen atoms in total.